The summed E-state index contributed by atoms with van der Waals surface area (Å²) in [6.45, 7) is 12.0. The van der Waals surface area contributed by atoms with Gasteiger partial charge in [0.2, 0.25) is 11.8 Å². The molecule has 1 saturated heterocycles. The fourth-order valence-corrected chi connectivity index (χ4v) is 6.42. The molecule has 3 aliphatic rings. The zero-order chi connectivity index (χ0) is 24.4. The Bertz CT molecular complexity index is 949. The Labute approximate surface area is 208 Å². The van der Waals surface area contributed by atoms with Crippen molar-refractivity contribution in [2.24, 2.45) is 22.9 Å². The maximum absolute atomic E-state index is 13.5. The maximum atomic E-state index is 13.5. The van der Waals surface area contributed by atoms with Crippen LogP contribution in [-0.2, 0) is 15.3 Å². The predicted octanol–water partition coefficient (Wildman–Crippen LogP) is 3.81. The van der Waals surface area contributed by atoms with Crippen LogP contribution in [0, 0.1) is 31.6 Å². The molecule has 0 bridgehead atoms. The van der Waals surface area contributed by atoms with Gasteiger partial charge in [-0.3, -0.25) is 15.0 Å². The van der Waals surface area contributed by atoms with Gasteiger partial charge in [-0.1, -0.05) is 56.3 Å². The second kappa shape index (κ2) is 10.6. The van der Waals surface area contributed by atoms with Crippen LogP contribution in [0.4, 0.5) is 0 Å². The second-order valence-electron chi connectivity index (χ2n) is 10.4. The molecule has 2 N–H and O–H groups in total. The van der Waals surface area contributed by atoms with Crippen molar-refractivity contribution in [3.63, 3.8) is 0 Å². The molecule has 2 amide bonds. The van der Waals surface area contributed by atoms with Gasteiger partial charge in [0, 0.05) is 30.8 Å². The van der Waals surface area contributed by atoms with Gasteiger partial charge in [-0.25, -0.2) is 0 Å². The molecule has 186 valence electrons. The summed E-state index contributed by atoms with van der Waals surface area (Å²) in [6.07, 6.45) is 2.86. The molecule has 0 radical (unpaired) electrons. The van der Waals surface area contributed by atoms with E-state index in [-0.39, 0.29) is 36.0 Å². The van der Waals surface area contributed by atoms with Crippen LogP contribution in [0.1, 0.15) is 63.1 Å². The Morgan fingerprint density at radius 2 is 2.09 bits per heavy atom. The lowest BCUT2D eigenvalue weighted by molar-refractivity contribution is -0.157. The predicted molar refractivity (Wildman–Crippen MR) is 138 cm³/mol. The number of fused-ring (bicyclic) bond motifs is 3. The minimum absolute atomic E-state index is 0.00554. The van der Waals surface area contributed by atoms with Crippen molar-refractivity contribution in [3.05, 3.63) is 34.9 Å². The van der Waals surface area contributed by atoms with Gasteiger partial charge in [0.05, 0.1) is 5.92 Å². The third-order valence-electron chi connectivity index (χ3n) is 7.21. The quantitative estimate of drug-likeness (QED) is 0.614. The first-order chi connectivity index (χ1) is 16.3. The summed E-state index contributed by atoms with van der Waals surface area (Å²) in [7, 11) is 0. The van der Waals surface area contributed by atoms with E-state index in [9.17, 15) is 9.59 Å². The number of carbonyl (C=O) groups is 2. The summed E-state index contributed by atoms with van der Waals surface area (Å²) in [5.74, 6) is 1.44. The SMILES string of the molecule is CCCN1C(=O)C2CCC(C(=O)NCC(C)C)CC2N2C(SCc3cc(C)ccc3C)=NNC12. The van der Waals surface area contributed by atoms with Crippen LogP contribution in [0.25, 0.3) is 0 Å². The average molecular weight is 486 g/mol. The van der Waals surface area contributed by atoms with E-state index in [1.807, 2.05) is 4.90 Å². The average Bonchev–Trinajstić information content (AvgIpc) is 3.24. The largest absolute Gasteiger partial charge is 0.356 e. The van der Waals surface area contributed by atoms with Crippen LogP contribution in [0.3, 0.4) is 0 Å². The monoisotopic (exact) mass is 485 g/mol. The van der Waals surface area contributed by atoms with Crippen molar-refractivity contribution in [3.8, 4) is 0 Å². The Morgan fingerprint density at radius 1 is 1.29 bits per heavy atom. The standard InChI is InChI=1S/C26H39N5O2S/c1-6-11-30-24(33)21-10-9-19(23(32)27-14-16(2)3)13-22(21)31-25(30)28-29-26(31)34-15-20-12-17(4)7-8-18(20)5/h7-8,12,16,19,21-22,25,28H,6,9-11,13-15H2,1-5H3,(H,27,32). The fraction of sp³-hybridized carbons (Fsp3) is 0.654. The molecule has 1 aromatic carbocycles. The smallest absolute Gasteiger partial charge is 0.230 e. The zero-order valence-electron chi connectivity index (χ0n) is 21.1. The molecule has 7 nitrogen and oxygen atoms in total. The number of hydrogen-bond acceptors (Lipinski definition) is 6. The summed E-state index contributed by atoms with van der Waals surface area (Å²) in [5, 5.41) is 8.74. The molecular formula is C26H39N5O2S. The van der Waals surface area contributed by atoms with Gasteiger partial charge in [-0.15, -0.1) is 0 Å². The lowest BCUT2D eigenvalue weighted by Crippen LogP contribution is -2.68. The molecule has 0 aromatic heterocycles. The van der Waals surface area contributed by atoms with Crippen LogP contribution in [0.2, 0.25) is 0 Å². The summed E-state index contributed by atoms with van der Waals surface area (Å²) in [5.41, 5.74) is 7.09. The lowest BCUT2D eigenvalue weighted by atomic mass is 9.75. The molecule has 4 atom stereocenters. The summed E-state index contributed by atoms with van der Waals surface area (Å²) in [6, 6.07) is 6.55. The highest BCUT2D eigenvalue weighted by atomic mass is 32.2. The summed E-state index contributed by atoms with van der Waals surface area (Å²) < 4.78 is 0. The minimum atomic E-state index is -0.257. The van der Waals surface area contributed by atoms with Crippen LogP contribution in [0.5, 0.6) is 0 Å². The van der Waals surface area contributed by atoms with Crippen molar-refractivity contribution >= 4 is 28.7 Å². The van der Waals surface area contributed by atoms with E-state index in [1.165, 1.54) is 16.7 Å². The third kappa shape index (κ3) is 5.07. The topological polar surface area (TPSA) is 77.0 Å². The number of hydrazone groups is 1. The van der Waals surface area contributed by atoms with E-state index in [2.05, 4.69) is 68.5 Å². The summed E-state index contributed by atoms with van der Waals surface area (Å²) >= 11 is 1.72. The molecule has 4 unspecified atom stereocenters. The fourth-order valence-electron chi connectivity index (χ4n) is 5.32. The van der Waals surface area contributed by atoms with Gasteiger partial charge in [0.1, 0.15) is 0 Å². The number of benzene rings is 1. The van der Waals surface area contributed by atoms with Gasteiger partial charge in [-0.05, 0) is 56.6 Å². The molecule has 2 fully saturated rings. The highest BCUT2D eigenvalue weighted by molar-refractivity contribution is 8.13. The van der Waals surface area contributed by atoms with Gasteiger partial charge in [-0.2, -0.15) is 5.10 Å². The normalized spacial score (nSPS) is 26.2. The molecule has 2 aliphatic heterocycles. The molecule has 0 spiro atoms. The number of carbonyl (C=O) groups excluding carboxylic acids is 2. The van der Waals surface area contributed by atoms with Crippen molar-refractivity contribution in [2.45, 2.75) is 78.4 Å². The molecule has 1 aliphatic carbocycles. The number of amides is 2. The van der Waals surface area contributed by atoms with Gasteiger partial charge in [0.25, 0.3) is 0 Å². The van der Waals surface area contributed by atoms with E-state index < -0.39 is 0 Å². The number of amidine groups is 1. The van der Waals surface area contributed by atoms with Crippen molar-refractivity contribution in [2.75, 3.05) is 13.1 Å². The van der Waals surface area contributed by atoms with Gasteiger partial charge in [0.15, 0.2) is 11.5 Å². The van der Waals surface area contributed by atoms with E-state index in [0.29, 0.717) is 25.4 Å². The molecule has 4 rings (SSSR count). The van der Waals surface area contributed by atoms with Crippen LogP contribution in [-0.4, -0.2) is 52.2 Å². The van der Waals surface area contributed by atoms with E-state index in [0.717, 1.165) is 30.2 Å². The van der Waals surface area contributed by atoms with E-state index in [1.54, 1.807) is 11.8 Å². The number of hydrogen-bond donors (Lipinski definition) is 2. The van der Waals surface area contributed by atoms with E-state index >= 15 is 0 Å². The van der Waals surface area contributed by atoms with Crippen LogP contribution in [0.15, 0.2) is 23.3 Å². The Balaban J connectivity index is 1.54. The van der Waals surface area contributed by atoms with Crippen LogP contribution < -0.4 is 10.7 Å². The van der Waals surface area contributed by atoms with Crippen LogP contribution >= 0.6 is 11.8 Å². The number of nitrogens with one attached hydrogen (secondary N) is 2. The van der Waals surface area contributed by atoms with Crippen molar-refractivity contribution in [1.29, 1.82) is 0 Å². The Kier molecular flexibility index (Phi) is 7.75. The van der Waals surface area contributed by atoms with E-state index in [4.69, 9.17) is 5.10 Å². The first-order valence-electron chi connectivity index (χ1n) is 12.7. The minimum Gasteiger partial charge on any atom is -0.356 e. The first-order valence-corrected chi connectivity index (χ1v) is 13.7. The number of rotatable bonds is 7. The van der Waals surface area contributed by atoms with Crippen molar-refractivity contribution in [1.82, 2.24) is 20.5 Å². The molecule has 8 heteroatoms. The Morgan fingerprint density at radius 3 is 2.82 bits per heavy atom. The van der Waals surface area contributed by atoms with Gasteiger partial charge < -0.3 is 15.1 Å². The molecule has 34 heavy (non-hydrogen) atoms. The third-order valence-corrected chi connectivity index (χ3v) is 8.23. The number of thioether (sulfide) groups is 1. The molecular weight excluding hydrogens is 446 g/mol. The Hall–Kier alpha value is -2.22. The first kappa shape index (κ1) is 24.9. The zero-order valence-corrected chi connectivity index (χ0v) is 22.0. The second-order valence-corrected chi connectivity index (χ2v) is 11.3. The highest BCUT2D eigenvalue weighted by Crippen LogP contribution is 2.41. The van der Waals surface area contributed by atoms with Gasteiger partial charge >= 0.3 is 0 Å². The number of nitrogens with zero attached hydrogens (tertiary/aromatic N) is 3. The van der Waals surface area contributed by atoms with Crippen molar-refractivity contribution < 1.29 is 9.59 Å². The molecule has 1 saturated carbocycles. The molecule has 1 aromatic rings. The molecule has 2 heterocycles. The number of aryl methyl sites for hydroxylation is 2. The lowest BCUT2D eigenvalue weighted by Gasteiger charge is -2.51. The maximum Gasteiger partial charge on any atom is 0.230 e. The highest BCUT2D eigenvalue weighted by Gasteiger charge is 2.52. The summed E-state index contributed by atoms with van der Waals surface area (Å²) in [4.78, 5) is 30.6.